The zero-order valence-electron chi connectivity index (χ0n) is 62.3. The highest BCUT2D eigenvalue weighted by Gasteiger charge is 2.47. The lowest BCUT2D eigenvalue weighted by molar-refractivity contribution is 0.661. The Morgan fingerprint density at radius 3 is 1.25 bits per heavy atom. The van der Waals surface area contributed by atoms with Gasteiger partial charge in [0.2, 0.25) is 0 Å². The van der Waals surface area contributed by atoms with Crippen LogP contribution in [0.3, 0.4) is 0 Å². The molecule has 0 aliphatic heterocycles. The van der Waals surface area contributed by atoms with Crippen molar-refractivity contribution in [3.8, 4) is 146 Å². The van der Waals surface area contributed by atoms with Gasteiger partial charge in [-0.05, 0) is 160 Å². The van der Waals surface area contributed by atoms with Gasteiger partial charge in [-0.25, -0.2) is 29.9 Å². The molecule has 0 unspecified atom stereocenters. The molecule has 0 amide bonds. The number of benzene rings is 16. The van der Waals surface area contributed by atoms with Crippen LogP contribution in [0.5, 0.6) is 0 Å². The standard InChI is InChI=1S/C106H68N6S2/c1-105(2)90-50-20-17-39-76(90)78-43-24-47-85(96(78)105)102-108-99(81-41-16-15-38-75(81)68-56-54-66(55-57-68)65-28-7-3-8-29-65)109-104(112-102)87-49-26-45-80-89-64-72(59-61-94(89)114-98(80)87)70-33-23-32-69(62-70)71-58-60-82(88(63-71)67-30-9-4-10-31-67)100-107-101(111-103(110-100)86-48-25-44-79-77-40-19-22-53-93(77)113-97(79)86)84-46-27-52-92-95(84)83-42-18-21-51-91(83)106(92,73-34-11-5-12-35-73)74-36-13-6-14-37-74/h3-64H,1-2H3. The zero-order valence-corrected chi connectivity index (χ0v) is 63.9. The van der Waals surface area contributed by atoms with Crippen molar-refractivity contribution in [3.05, 3.63) is 409 Å². The quantitative estimate of drug-likeness (QED) is 0.114. The van der Waals surface area contributed by atoms with Gasteiger partial charge in [0.1, 0.15) is 0 Å². The second-order valence-electron chi connectivity index (χ2n) is 30.2. The largest absolute Gasteiger partial charge is 0.208 e. The molecule has 2 aliphatic carbocycles. The van der Waals surface area contributed by atoms with Gasteiger partial charge in [0.05, 0.1) is 5.41 Å². The molecule has 22 rings (SSSR count). The smallest absolute Gasteiger partial charge is 0.165 e. The summed E-state index contributed by atoms with van der Waals surface area (Å²) in [5.41, 5.74) is 27.7. The van der Waals surface area contributed by atoms with Crippen molar-refractivity contribution in [1.29, 1.82) is 0 Å². The minimum Gasteiger partial charge on any atom is -0.208 e. The molecule has 6 nitrogen and oxygen atoms in total. The van der Waals surface area contributed by atoms with Crippen LogP contribution < -0.4 is 0 Å². The van der Waals surface area contributed by atoms with Crippen molar-refractivity contribution in [1.82, 2.24) is 29.9 Å². The van der Waals surface area contributed by atoms with Crippen LogP contribution in [0.1, 0.15) is 47.2 Å². The van der Waals surface area contributed by atoms with E-state index >= 15 is 0 Å². The van der Waals surface area contributed by atoms with Crippen LogP contribution in [-0.4, -0.2) is 29.9 Å². The van der Waals surface area contributed by atoms with Crippen molar-refractivity contribution < 1.29 is 0 Å². The molecular formula is C106H68N6S2. The van der Waals surface area contributed by atoms with Crippen LogP contribution in [0.15, 0.2) is 376 Å². The normalized spacial score (nSPS) is 13.0. The summed E-state index contributed by atoms with van der Waals surface area (Å²) < 4.78 is 4.65. The zero-order chi connectivity index (χ0) is 75.6. The third-order valence-corrected chi connectivity index (χ3v) is 26.0. The first-order chi connectivity index (χ1) is 56.3. The highest BCUT2D eigenvalue weighted by Crippen LogP contribution is 2.59. The molecule has 0 N–H and O–H groups in total. The van der Waals surface area contributed by atoms with E-state index in [1.54, 1.807) is 22.7 Å². The number of hydrogen-bond donors (Lipinski definition) is 0. The van der Waals surface area contributed by atoms with Crippen molar-refractivity contribution in [3.63, 3.8) is 0 Å². The van der Waals surface area contributed by atoms with E-state index in [2.05, 4.69) is 390 Å². The van der Waals surface area contributed by atoms with Crippen molar-refractivity contribution >= 4 is 63.0 Å². The van der Waals surface area contributed by atoms with E-state index in [-0.39, 0.29) is 5.41 Å². The highest BCUT2D eigenvalue weighted by atomic mass is 32.1. The summed E-state index contributed by atoms with van der Waals surface area (Å²) in [4.78, 5) is 33.7. The van der Waals surface area contributed by atoms with Gasteiger partial charge in [0.15, 0.2) is 34.9 Å². The summed E-state index contributed by atoms with van der Waals surface area (Å²) in [5, 5.41) is 4.71. The Balaban J connectivity index is 0.667. The number of nitrogens with zero attached hydrogens (tertiary/aromatic N) is 6. The highest BCUT2D eigenvalue weighted by molar-refractivity contribution is 7.26. The van der Waals surface area contributed by atoms with Crippen LogP contribution in [0.2, 0.25) is 0 Å². The summed E-state index contributed by atoms with van der Waals surface area (Å²) in [6.45, 7) is 4.66. The van der Waals surface area contributed by atoms with Gasteiger partial charge in [0.25, 0.3) is 0 Å². The lowest BCUT2D eigenvalue weighted by Gasteiger charge is -2.33. The average Bonchev–Trinajstić information content (AvgIpc) is 1.53. The number of thiophene rings is 2. The van der Waals surface area contributed by atoms with Crippen LogP contribution in [0.4, 0.5) is 0 Å². The fourth-order valence-electron chi connectivity index (χ4n) is 18.3. The van der Waals surface area contributed by atoms with E-state index in [1.807, 2.05) is 0 Å². The second kappa shape index (κ2) is 26.9. The number of aromatic nitrogens is 6. The summed E-state index contributed by atoms with van der Waals surface area (Å²) in [5.74, 6) is 3.70. The maximum atomic E-state index is 5.72. The molecule has 0 saturated heterocycles. The van der Waals surface area contributed by atoms with Crippen molar-refractivity contribution in [2.45, 2.75) is 24.7 Å². The summed E-state index contributed by atoms with van der Waals surface area (Å²) >= 11 is 3.57. The summed E-state index contributed by atoms with van der Waals surface area (Å²) in [7, 11) is 0. The van der Waals surface area contributed by atoms with E-state index in [0.29, 0.717) is 34.9 Å². The predicted octanol–water partition coefficient (Wildman–Crippen LogP) is 27.8. The molecule has 16 aromatic carbocycles. The molecule has 8 heteroatoms. The van der Waals surface area contributed by atoms with Gasteiger partial charge in [0, 0.05) is 79.1 Å². The molecular weight excluding hydrogens is 1420 g/mol. The van der Waals surface area contributed by atoms with E-state index in [1.165, 1.54) is 75.6 Å². The van der Waals surface area contributed by atoms with Gasteiger partial charge >= 0.3 is 0 Å². The van der Waals surface area contributed by atoms with Crippen LogP contribution >= 0.6 is 22.7 Å². The van der Waals surface area contributed by atoms with Gasteiger partial charge < -0.3 is 0 Å². The minimum absolute atomic E-state index is 0.308. The Morgan fingerprint density at radius 1 is 0.211 bits per heavy atom. The minimum atomic E-state index is -0.618. The summed E-state index contributed by atoms with van der Waals surface area (Å²) in [6.07, 6.45) is 0. The van der Waals surface area contributed by atoms with Crippen molar-refractivity contribution in [2.75, 3.05) is 0 Å². The molecule has 0 saturated carbocycles. The third kappa shape index (κ3) is 10.8. The molecule has 20 aromatic rings. The molecule has 4 aromatic heterocycles. The summed E-state index contributed by atoms with van der Waals surface area (Å²) in [6, 6.07) is 136. The Labute approximate surface area is 668 Å². The fraction of sp³-hybridized carbons (Fsp3) is 0.0377. The first kappa shape index (κ1) is 66.9. The molecule has 0 fully saturated rings. The van der Waals surface area contributed by atoms with Gasteiger partial charge in [-0.2, -0.15) is 0 Å². The van der Waals surface area contributed by atoms with Gasteiger partial charge in [-0.3, -0.25) is 0 Å². The SMILES string of the molecule is CC1(C)c2ccccc2-c2cccc(-c3nc(-c4ccccc4-c4ccc(-c5ccccc5)cc4)nc(-c4cccc5c4sc4ccc(-c6cccc(-c7ccc(-c8nc(-c9cccc%10c9-c9ccccc9C%10(c9ccccc9)c9ccccc9)nc(-c9cccc%10c9sc9ccccc9%10)n8)c(-c8ccccc8)c7)c6)cc45)n3)c21. The lowest BCUT2D eigenvalue weighted by Crippen LogP contribution is -2.28. The topological polar surface area (TPSA) is 77.3 Å². The first-order valence-corrected chi connectivity index (χ1v) is 40.4. The second-order valence-corrected chi connectivity index (χ2v) is 32.3. The molecule has 0 spiro atoms. The maximum absolute atomic E-state index is 5.72. The molecule has 2 aliphatic rings. The Hall–Kier alpha value is -14.0. The Morgan fingerprint density at radius 2 is 0.588 bits per heavy atom. The van der Waals surface area contributed by atoms with Crippen LogP contribution in [0.25, 0.3) is 187 Å². The molecule has 0 atom stereocenters. The van der Waals surface area contributed by atoms with E-state index < -0.39 is 5.41 Å². The van der Waals surface area contributed by atoms with Crippen LogP contribution in [0, 0.1) is 0 Å². The molecule has 534 valence electrons. The van der Waals surface area contributed by atoms with Gasteiger partial charge in [-0.1, -0.05) is 341 Å². The van der Waals surface area contributed by atoms with E-state index in [4.69, 9.17) is 29.9 Å². The van der Waals surface area contributed by atoms with Gasteiger partial charge in [-0.15, -0.1) is 22.7 Å². The monoisotopic (exact) mass is 1490 g/mol. The Kier molecular flexibility index (Phi) is 15.8. The molecule has 0 bridgehead atoms. The first-order valence-electron chi connectivity index (χ1n) is 38.8. The van der Waals surface area contributed by atoms with Crippen LogP contribution in [-0.2, 0) is 10.8 Å². The predicted molar refractivity (Wildman–Crippen MR) is 474 cm³/mol. The number of rotatable bonds is 13. The average molecular weight is 1490 g/mol. The van der Waals surface area contributed by atoms with E-state index in [0.717, 1.165) is 109 Å². The molecule has 114 heavy (non-hydrogen) atoms. The molecule has 4 heterocycles. The van der Waals surface area contributed by atoms with Crippen molar-refractivity contribution in [2.24, 2.45) is 0 Å². The fourth-order valence-corrected chi connectivity index (χ4v) is 20.7. The number of hydrogen-bond acceptors (Lipinski definition) is 8. The lowest BCUT2D eigenvalue weighted by atomic mass is 9.67. The molecule has 0 radical (unpaired) electrons. The Bertz CT molecular complexity index is 7210. The third-order valence-electron chi connectivity index (χ3n) is 23.5. The number of fused-ring (bicyclic) bond motifs is 12. The van der Waals surface area contributed by atoms with E-state index in [9.17, 15) is 0 Å². The maximum Gasteiger partial charge on any atom is 0.165 e.